The van der Waals surface area contributed by atoms with Gasteiger partial charge in [-0.3, -0.25) is 14.9 Å². The van der Waals surface area contributed by atoms with Crippen molar-refractivity contribution in [2.75, 3.05) is 17.7 Å². The third-order valence-electron chi connectivity index (χ3n) is 2.48. The third kappa shape index (κ3) is 4.40. The molecule has 1 aromatic rings. The van der Waals surface area contributed by atoms with Crippen LogP contribution in [0.1, 0.15) is 23.7 Å². The van der Waals surface area contributed by atoms with Gasteiger partial charge in [-0.15, -0.1) is 0 Å². The molecule has 0 aliphatic heterocycles. The van der Waals surface area contributed by atoms with Crippen LogP contribution in [0.15, 0.2) is 12.3 Å². The summed E-state index contributed by atoms with van der Waals surface area (Å²) >= 11 is 1.67. The molecule has 0 aromatic carbocycles. The number of nitrogen functional groups attached to an aromatic ring is 1. The average Bonchev–Trinajstić information content (AvgIpc) is 2.35. The lowest BCUT2D eigenvalue weighted by atomic mass is 10.2. The summed E-state index contributed by atoms with van der Waals surface area (Å²) in [6.07, 6.45) is 3.76. The minimum absolute atomic E-state index is 0.0612. The highest BCUT2D eigenvalue weighted by atomic mass is 32.2. The Hall–Kier alpha value is -1.83. The Bertz CT molecular complexity index is 481. The van der Waals surface area contributed by atoms with Gasteiger partial charge < -0.3 is 11.1 Å². The summed E-state index contributed by atoms with van der Waals surface area (Å²) in [5, 5.41) is 13.6. The van der Waals surface area contributed by atoms with Crippen LogP contribution in [-0.4, -0.2) is 33.9 Å². The van der Waals surface area contributed by atoms with Crippen LogP contribution in [0.5, 0.6) is 0 Å². The molecule has 3 N–H and O–H groups in total. The first-order chi connectivity index (χ1) is 8.95. The van der Waals surface area contributed by atoms with E-state index in [2.05, 4.69) is 10.3 Å². The molecular formula is C11H16N4O3S. The van der Waals surface area contributed by atoms with Gasteiger partial charge in [0.05, 0.1) is 4.92 Å². The lowest BCUT2D eigenvalue weighted by molar-refractivity contribution is -0.385. The predicted octanol–water partition coefficient (Wildman–Crippen LogP) is 1.44. The monoisotopic (exact) mass is 284 g/mol. The van der Waals surface area contributed by atoms with Crippen LogP contribution in [0, 0.1) is 10.1 Å². The number of anilines is 1. The maximum absolute atomic E-state index is 12.0. The molecule has 0 saturated heterocycles. The first kappa shape index (κ1) is 15.2. The van der Waals surface area contributed by atoms with E-state index >= 15 is 0 Å². The number of nitrogens with two attached hydrogens (primary N) is 1. The Balaban J connectivity index is 2.86. The number of hydrogen-bond acceptors (Lipinski definition) is 6. The Morgan fingerprint density at radius 3 is 2.95 bits per heavy atom. The number of amides is 1. The molecule has 1 amide bonds. The molecule has 1 rings (SSSR count). The van der Waals surface area contributed by atoms with E-state index in [0.717, 1.165) is 18.4 Å². The zero-order valence-corrected chi connectivity index (χ0v) is 11.6. The highest BCUT2D eigenvalue weighted by Crippen LogP contribution is 2.19. The number of pyridine rings is 1. The average molecular weight is 284 g/mol. The largest absolute Gasteiger partial charge is 0.384 e. The quantitative estimate of drug-likeness (QED) is 0.604. The van der Waals surface area contributed by atoms with E-state index in [0.29, 0.717) is 0 Å². The summed E-state index contributed by atoms with van der Waals surface area (Å²) in [7, 11) is 0. The fraction of sp³-hybridized carbons (Fsp3) is 0.455. The van der Waals surface area contributed by atoms with Crippen molar-refractivity contribution < 1.29 is 9.72 Å². The number of nitro groups is 1. The predicted molar refractivity (Wildman–Crippen MR) is 75.2 cm³/mol. The molecule has 1 atom stereocenters. The normalized spacial score (nSPS) is 11.9. The van der Waals surface area contributed by atoms with E-state index in [9.17, 15) is 14.9 Å². The fourth-order valence-corrected chi connectivity index (χ4v) is 2.05. The van der Waals surface area contributed by atoms with Gasteiger partial charge in [-0.1, -0.05) is 0 Å². The van der Waals surface area contributed by atoms with Gasteiger partial charge in [0.2, 0.25) is 0 Å². The van der Waals surface area contributed by atoms with Gasteiger partial charge in [-0.2, -0.15) is 11.8 Å². The van der Waals surface area contributed by atoms with Gasteiger partial charge >= 0.3 is 0 Å². The summed E-state index contributed by atoms with van der Waals surface area (Å²) in [5.74, 6) is 0.476. The molecule has 0 aliphatic rings. The van der Waals surface area contributed by atoms with Crippen molar-refractivity contribution in [3.8, 4) is 0 Å². The van der Waals surface area contributed by atoms with Gasteiger partial charge in [-0.25, -0.2) is 4.98 Å². The molecule has 0 radical (unpaired) electrons. The van der Waals surface area contributed by atoms with Crippen LogP contribution in [0.25, 0.3) is 0 Å². The van der Waals surface area contributed by atoms with Gasteiger partial charge in [0.25, 0.3) is 11.6 Å². The Labute approximate surface area is 115 Å². The standard InChI is InChI=1S/C11H16N4O3S/c1-7(3-4-19-2)14-11(16)8-5-10(12)13-6-9(8)15(17)18/h5-7H,3-4H2,1-2H3,(H2,12,13)(H,14,16). The lowest BCUT2D eigenvalue weighted by Crippen LogP contribution is -2.33. The molecule has 8 heteroatoms. The second-order valence-electron chi connectivity index (χ2n) is 4.04. The minimum atomic E-state index is -0.645. The van der Waals surface area contributed by atoms with Crippen molar-refractivity contribution in [2.45, 2.75) is 19.4 Å². The van der Waals surface area contributed by atoms with E-state index in [1.54, 1.807) is 11.8 Å². The van der Waals surface area contributed by atoms with E-state index < -0.39 is 10.8 Å². The van der Waals surface area contributed by atoms with Crippen LogP contribution in [0.2, 0.25) is 0 Å². The topological polar surface area (TPSA) is 111 Å². The second kappa shape index (κ2) is 6.93. The number of carbonyl (C=O) groups is 1. The van der Waals surface area contributed by atoms with E-state index in [1.807, 2.05) is 13.2 Å². The van der Waals surface area contributed by atoms with Gasteiger partial charge in [-0.05, 0) is 31.4 Å². The van der Waals surface area contributed by atoms with Gasteiger partial charge in [0.15, 0.2) is 0 Å². The zero-order chi connectivity index (χ0) is 14.4. The Morgan fingerprint density at radius 1 is 1.68 bits per heavy atom. The molecule has 1 unspecified atom stereocenters. The molecule has 0 bridgehead atoms. The van der Waals surface area contributed by atoms with Crippen LogP contribution in [-0.2, 0) is 0 Å². The van der Waals surface area contributed by atoms with Crippen molar-refractivity contribution in [3.05, 3.63) is 27.9 Å². The van der Waals surface area contributed by atoms with Crippen LogP contribution in [0.3, 0.4) is 0 Å². The highest BCUT2D eigenvalue weighted by molar-refractivity contribution is 7.98. The molecule has 104 valence electrons. The summed E-state index contributed by atoms with van der Waals surface area (Å²) in [6.45, 7) is 1.85. The summed E-state index contributed by atoms with van der Waals surface area (Å²) in [4.78, 5) is 25.8. The second-order valence-corrected chi connectivity index (χ2v) is 5.03. The van der Waals surface area contributed by atoms with Crippen molar-refractivity contribution in [3.63, 3.8) is 0 Å². The molecular weight excluding hydrogens is 268 g/mol. The molecule has 7 nitrogen and oxygen atoms in total. The van der Waals surface area contributed by atoms with Crippen LogP contribution >= 0.6 is 11.8 Å². The lowest BCUT2D eigenvalue weighted by Gasteiger charge is -2.13. The molecule has 1 heterocycles. The number of nitrogens with one attached hydrogen (secondary N) is 1. The first-order valence-corrected chi connectivity index (χ1v) is 7.04. The number of rotatable bonds is 6. The summed E-state index contributed by atoms with van der Waals surface area (Å²) < 4.78 is 0. The van der Waals surface area contributed by atoms with Crippen molar-refractivity contribution >= 4 is 29.2 Å². The third-order valence-corrected chi connectivity index (χ3v) is 3.12. The number of nitrogens with zero attached hydrogens (tertiary/aromatic N) is 2. The molecule has 19 heavy (non-hydrogen) atoms. The van der Waals surface area contributed by atoms with E-state index in [-0.39, 0.29) is 23.1 Å². The molecule has 1 aromatic heterocycles. The molecule has 0 fully saturated rings. The highest BCUT2D eigenvalue weighted by Gasteiger charge is 2.22. The van der Waals surface area contributed by atoms with Crippen LogP contribution < -0.4 is 11.1 Å². The Morgan fingerprint density at radius 2 is 2.37 bits per heavy atom. The SMILES string of the molecule is CSCCC(C)NC(=O)c1cc(N)ncc1[N+](=O)[O-]. The molecule has 0 saturated carbocycles. The van der Waals surface area contributed by atoms with E-state index in [4.69, 9.17) is 5.73 Å². The van der Waals surface area contributed by atoms with Crippen LogP contribution in [0.4, 0.5) is 11.5 Å². The first-order valence-electron chi connectivity index (χ1n) is 5.65. The van der Waals surface area contributed by atoms with Gasteiger partial charge in [0.1, 0.15) is 17.6 Å². The summed E-state index contributed by atoms with van der Waals surface area (Å²) in [6, 6.07) is 1.16. The van der Waals surface area contributed by atoms with Crippen molar-refractivity contribution in [1.82, 2.24) is 10.3 Å². The summed E-state index contributed by atoms with van der Waals surface area (Å²) in [5.41, 5.74) is 5.05. The number of aromatic nitrogens is 1. The molecule has 0 aliphatic carbocycles. The molecule has 0 spiro atoms. The Kier molecular flexibility index (Phi) is 5.56. The number of carbonyl (C=O) groups excluding carboxylic acids is 1. The maximum atomic E-state index is 12.0. The maximum Gasteiger partial charge on any atom is 0.300 e. The number of thioether (sulfide) groups is 1. The number of hydrogen-bond donors (Lipinski definition) is 2. The van der Waals surface area contributed by atoms with Crippen molar-refractivity contribution in [1.29, 1.82) is 0 Å². The van der Waals surface area contributed by atoms with Crippen molar-refractivity contribution in [2.24, 2.45) is 0 Å². The van der Waals surface area contributed by atoms with Gasteiger partial charge in [0, 0.05) is 6.04 Å². The minimum Gasteiger partial charge on any atom is -0.384 e. The fourth-order valence-electron chi connectivity index (χ4n) is 1.46. The smallest absolute Gasteiger partial charge is 0.300 e. The zero-order valence-electron chi connectivity index (χ0n) is 10.8. The van der Waals surface area contributed by atoms with E-state index in [1.165, 1.54) is 6.07 Å².